The van der Waals surface area contributed by atoms with Crippen molar-refractivity contribution in [2.75, 3.05) is 6.79 Å². The van der Waals surface area contributed by atoms with E-state index in [0.29, 0.717) is 6.79 Å². The van der Waals surface area contributed by atoms with Crippen LogP contribution in [0.15, 0.2) is 18.2 Å². The van der Waals surface area contributed by atoms with Crippen LogP contribution in [0.4, 0.5) is 0 Å². The maximum atomic E-state index is 5.38. The highest BCUT2D eigenvalue weighted by Crippen LogP contribution is 2.32. The van der Waals surface area contributed by atoms with Crippen molar-refractivity contribution < 1.29 is 9.47 Å². The van der Waals surface area contributed by atoms with E-state index in [-0.39, 0.29) is 0 Å². The molecule has 2 rings (SSSR count). The van der Waals surface area contributed by atoms with Gasteiger partial charge < -0.3 is 14.8 Å². The molecule has 0 aliphatic carbocycles. The second kappa shape index (κ2) is 4.66. The predicted molar refractivity (Wildman–Crippen MR) is 75.3 cm³/mol. The number of benzene rings is 1. The van der Waals surface area contributed by atoms with Gasteiger partial charge in [0.2, 0.25) is 6.79 Å². The van der Waals surface area contributed by atoms with Crippen LogP contribution in [0, 0.1) is 0 Å². The summed E-state index contributed by atoms with van der Waals surface area (Å²) in [5, 5.41) is 3.33. The van der Waals surface area contributed by atoms with Crippen molar-refractivity contribution in [2.24, 2.45) is 0 Å². The number of hydrogen-bond acceptors (Lipinski definition) is 3. The Bertz CT molecular complexity index is 443. The summed E-state index contributed by atoms with van der Waals surface area (Å²) in [6, 6.07) is 5.98. The minimum absolute atomic E-state index is 0.319. The highest BCUT2D eigenvalue weighted by atomic mass is 32.1. The number of thiocarbonyl (C=S) groups is 1. The lowest BCUT2D eigenvalue weighted by Gasteiger charge is -2.19. The lowest BCUT2D eigenvalue weighted by atomic mass is 10.2. The molecule has 92 valence electrons. The molecule has 1 heterocycles. The predicted octanol–water partition coefficient (Wildman–Crippen LogP) is 2.71. The molecule has 5 heteroatoms. The summed E-state index contributed by atoms with van der Waals surface area (Å²) in [5.41, 5.74) is 1.16. The monoisotopic (exact) mass is 267 g/mol. The summed E-state index contributed by atoms with van der Waals surface area (Å²) in [6.07, 6.45) is 0. The van der Waals surface area contributed by atoms with Crippen LogP contribution in [0.25, 0.3) is 0 Å². The van der Waals surface area contributed by atoms with E-state index in [1.807, 2.05) is 18.2 Å². The Labute approximate surface area is 108 Å². The van der Waals surface area contributed by atoms with E-state index in [2.05, 4.69) is 25.0 Å². The van der Waals surface area contributed by atoms with Crippen molar-refractivity contribution in [3.63, 3.8) is 0 Å². The van der Waals surface area contributed by atoms with E-state index in [1.54, 1.807) is 0 Å². The molecular formula is C12H17NO2SSi. The minimum Gasteiger partial charge on any atom is -0.454 e. The van der Waals surface area contributed by atoms with E-state index < -0.39 is 8.07 Å². The molecule has 17 heavy (non-hydrogen) atoms. The summed E-state index contributed by atoms with van der Waals surface area (Å²) >= 11 is 5.38. The second-order valence-electron chi connectivity index (χ2n) is 5.12. The molecule has 1 N–H and O–H groups in total. The fourth-order valence-electron chi connectivity index (χ4n) is 1.50. The van der Waals surface area contributed by atoms with Gasteiger partial charge in [0, 0.05) is 6.54 Å². The minimum atomic E-state index is -1.37. The molecule has 0 bridgehead atoms. The maximum Gasteiger partial charge on any atom is 0.231 e. The van der Waals surface area contributed by atoms with Crippen molar-refractivity contribution in [3.8, 4) is 11.5 Å². The topological polar surface area (TPSA) is 30.5 Å². The lowest BCUT2D eigenvalue weighted by Crippen LogP contribution is -2.41. The Morgan fingerprint density at radius 3 is 2.71 bits per heavy atom. The van der Waals surface area contributed by atoms with E-state index in [1.165, 1.54) is 0 Å². The van der Waals surface area contributed by atoms with Gasteiger partial charge in [-0.05, 0) is 17.7 Å². The first-order valence-electron chi connectivity index (χ1n) is 5.63. The summed E-state index contributed by atoms with van der Waals surface area (Å²) in [5.74, 6) is 1.64. The molecule has 0 radical (unpaired) electrons. The highest BCUT2D eigenvalue weighted by molar-refractivity contribution is 7.84. The molecule has 1 aromatic carbocycles. The lowest BCUT2D eigenvalue weighted by molar-refractivity contribution is 0.174. The van der Waals surface area contributed by atoms with Crippen molar-refractivity contribution in [1.29, 1.82) is 0 Å². The molecule has 1 aliphatic rings. The summed E-state index contributed by atoms with van der Waals surface area (Å²) in [7, 11) is -1.37. The van der Waals surface area contributed by atoms with Crippen LogP contribution in [0.5, 0.6) is 11.5 Å². The van der Waals surface area contributed by atoms with Gasteiger partial charge in [-0.3, -0.25) is 0 Å². The molecule has 1 aromatic rings. The first-order chi connectivity index (χ1) is 7.97. The van der Waals surface area contributed by atoms with Gasteiger partial charge in [-0.15, -0.1) is 0 Å². The van der Waals surface area contributed by atoms with E-state index in [9.17, 15) is 0 Å². The van der Waals surface area contributed by atoms with Crippen LogP contribution >= 0.6 is 12.2 Å². The zero-order chi connectivity index (χ0) is 12.5. The maximum absolute atomic E-state index is 5.38. The summed E-state index contributed by atoms with van der Waals surface area (Å²) in [6.45, 7) is 7.78. The Hall–Kier alpha value is -1.07. The first-order valence-corrected chi connectivity index (χ1v) is 9.54. The van der Waals surface area contributed by atoms with Gasteiger partial charge >= 0.3 is 0 Å². The zero-order valence-electron chi connectivity index (χ0n) is 10.4. The van der Waals surface area contributed by atoms with Crippen molar-refractivity contribution in [3.05, 3.63) is 23.8 Å². The fourth-order valence-corrected chi connectivity index (χ4v) is 2.19. The average Bonchev–Trinajstić information content (AvgIpc) is 2.71. The van der Waals surface area contributed by atoms with E-state index in [4.69, 9.17) is 21.7 Å². The van der Waals surface area contributed by atoms with Crippen LogP contribution in [-0.4, -0.2) is 19.5 Å². The number of hydrogen-bond donors (Lipinski definition) is 1. The second-order valence-corrected chi connectivity index (χ2v) is 10.9. The molecule has 0 saturated carbocycles. The number of nitrogens with one attached hydrogen (secondary N) is 1. The van der Waals surface area contributed by atoms with Gasteiger partial charge in [-0.25, -0.2) is 0 Å². The number of fused-ring (bicyclic) bond motifs is 1. The SMILES string of the molecule is C[Si](C)(C)C(=S)NCc1ccc2c(c1)OCO2. The third-order valence-electron chi connectivity index (χ3n) is 2.57. The van der Waals surface area contributed by atoms with Gasteiger partial charge in [0.25, 0.3) is 0 Å². The van der Waals surface area contributed by atoms with Crippen LogP contribution in [0.3, 0.4) is 0 Å². The molecular weight excluding hydrogens is 250 g/mol. The first kappa shape index (κ1) is 12.4. The third-order valence-corrected chi connectivity index (χ3v) is 6.09. The van der Waals surface area contributed by atoms with Crippen LogP contribution in [0.1, 0.15) is 5.56 Å². The Morgan fingerprint density at radius 2 is 2.00 bits per heavy atom. The average molecular weight is 267 g/mol. The summed E-state index contributed by atoms with van der Waals surface area (Å²) in [4.78, 5) is 0. The standard InChI is InChI=1S/C12H17NO2SSi/c1-17(2,3)12(16)13-7-9-4-5-10-11(6-9)15-8-14-10/h4-6H,7-8H2,1-3H3,(H,13,16). The Kier molecular flexibility index (Phi) is 3.39. The zero-order valence-corrected chi connectivity index (χ0v) is 12.2. The molecule has 3 nitrogen and oxygen atoms in total. The van der Waals surface area contributed by atoms with Gasteiger partial charge in [0.15, 0.2) is 11.5 Å². The molecule has 0 atom stereocenters. The Morgan fingerprint density at radius 1 is 1.29 bits per heavy atom. The quantitative estimate of drug-likeness (QED) is 0.674. The van der Waals surface area contributed by atoms with Gasteiger partial charge in [-0.1, -0.05) is 37.9 Å². The van der Waals surface area contributed by atoms with Gasteiger partial charge in [-0.2, -0.15) is 0 Å². The van der Waals surface area contributed by atoms with Gasteiger partial charge in [0.05, 0.1) is 4.61 Å². The van der Waals surface area contributed by atoms with E-state index in [0.717, 1.165) is 28.2 Å². The Balaban J connectivity index is 1.98. The van der Waals surface area contributed by atoms with Crippen LogP contribution in [-0.2, 0) is 6.54 Å². The third kappa shape index (κ3) is 2.98. The largest absolute Gasteiger partial charge is 0.454 e. The number of rotatable bonds is 3. The molecule has 0 fully saturated rings. The van der Waals surface area contributed by atoms with Crippen molar-refractivity contribution in [1.82, 2.24) is 5.32 Å². The molecule has 0 amide bonds. The van der Waals surface area contributed by atoms with Crippen molar-refractivity contribution >= 4 is 24.9 Å². The highest BCUT2D eigenvalue weighted by Gasteiger charge is 2.19. The molecule has 1 aliphatic heterocycles. The molecule has 0 saturated heterocycles. The van der Waals surface area contributed by atoms with Crippen LogP contribution in [0.2, 0.25) is 19.6 Å². The normalized spacial score (nSPS) is 13.6. The molecule has 0 unspecified atom stereocenters. The smallest absolute Gasteiger partial charge is 0.231 e. The number of ether oxygens (including phenoxy) is 2. The molecule has 0 spiro atoms. The van der Waals surface area contributed by atoms with Crippen LogP contribution < -0.4 is 14.8 Å². The van der Waals surface area contributed by atoms with Gasteiger partial charge in [0.1, 0.15) is 8.07 Å². The summed E-state index contributed by atoms with van der Waals surface area (Å²) < 4.78 is 11.6. The molecule has 0 aromatic heterocycles. The van der Waals surface area contributed by atoms with Crippen molar-refractivity contribution in [2.45, 2.75) is 26.2 Å². The van der Waals surface area contributed by atoms with E-state index >= 15 is 0 Å². The fraction of sp³-hybridized carbons (Fsp3) is 0.417.